The number of fused-ring (bicyclic) bond motifs is 1. The first-order valence-corrected chi connectivity index (χ1v) is 7.62. The maximum Gasteiger partial charge on any atom is 0.134 e. The lowest BCUT2D eigenvalue weighted by Gasteiger charge is -2.10. The van der Waals surface area contributed by atoms with Crippen LogP contribution < -0.4 is 10.5 Å². The van der Waals surface area contributed by atoms with Crippen LogP contribution in [0.4, 0.5) is 0 Å². The lowest BCUT2D eigenvalue weighted by molar-refractivity contribution is 0.303. The fraction of sp³-hybridized carbons (Fsp3) is 0.375. The van der Waals surface area contributed by atoms with E-state index < -0.39 is 0 Å². The second-order valence-electron chi connectivity index (χ2n) is 4.65. The second-order valence-corrected chi connectivity index (χ2v) is 5.44. The average molecular weight is 322 g/mol. The van der Waals surface area contributed by atoms with Gasteiger partial charge in [0, 0.05) is 0 Å². The van der Waals surface area contributed by atoms with Gasteiger partial charge < -0.3 is 10.5 Å². The van der Waals surface area contributed by atoms with E-state index in [1.165, 1.54) is 23.6 Å². The van der Waals surface area contributed by atoms with Gasteiger partial charge in [0.05, 0.1) is 11.1 Å². The van der Waals surface area contributed by atoms with Crippen LogP contribution in [0.5, 0.6) is 5.75 Å². The third-order valence-electron chi connectivity index (χ3n) is 3.18. The van der Waals surface area contributed by atoms with E-state index in [1.807, 2.05) is 18.2 Å². The van der Waals surface area contributed by atoms with Crippen LogP contribution in [-0.4, -0.2) is 13.2 Å². The minimum Gasteiger partial charge on any atom is -0.492 e. The average Bonchev–Trinajstić information content (AvgIpc) is 2.45. The van der Waals surface area contributed by atoms with Crippen molar-refractivity contribution < 1.29 is 4.74 Å². The first-order chi connectivity index (χ1) is 9.33. The number of unbranched alkanes of at least 4 members (excludes halogenated alkanes) is 3. The molecule has 0 bridgehead atoms. The smallest absolute Gasteiger partial charge is 0.134 e. The molecular weight excluding hydrogens is 302 g/mol. The minimum atomic E-state index is 0.765. The molecule has 0 saturated carbocycles. The van der Waals surface area contributed by atoms with Crippen LogP contribution in [-0.2, 0) is 0 Å². The molecule has 0 atom stereocenters. The fourth-order valence-corrected chi connectivity index (χ4v) is 2.71. The van der Waals surface area contributed by atoms with Crippen LogP contribution in [0.15, 0.2) is 40.9 Å². The Labute approximate surface area is 123 Å². The molecule has 2 N–H and O–H groups in total. The highest BCUT2D eigenvalue weighted by Crippen LogP contribution is 2.33. The van der Waals surface area contributed by atoms with Gasteiger partial charge in [0.25, 0.3) is 0 Å². The van der Waals surface area contributed by atoms with E-state index >= 15 is 0 Å². The topological polar surface area (TPSA) is 35.2 Å². The SMILES string of the molecule is NCCCCCCOc1ccc2ccccc2c1Br. The van der Waals surface area contributed by atoms with Crippen LogP contribution in [0.25, 0.3) is 10.8 Å². The van der Waals surface area contributed by atoms with Gasteiger partial charge in [0.15, 0.2) is 0 Å². The minimum absolute atomic E-state index is 0.765. The highest BCUT2D eigenvalue weighted by molar-refractivity contribution is 9.10. The number of nitrogens with two attached hydrogens (primary N) is 1. The van der Waals surface area contributed by atoms with Crippen LogP contribution in [0.2, 0.25) is 0 Å². The van der Waals surface area contributed by atoms with Crippen LogP contribution in [0, 0.1) is 0 Å². The molecule has 2 aromatic rings. The standard InChI is InChI=1S/C16H20BrNO/c17-16-14-8-4-3-7-13(14)9-10-15(16)19-12-6-2-1-5-11-18/h3-4,7-10H,1-2,5-6,11-12,18H2. The maximum absolute atomic E-state index is 5.85. The molecule has 0 spiro atoms. The van der Waals surface area contributed by atoms with Crippen molar-refractivity contribution in [2.24, 2.45) is 5.73 Å². The van der Waals surface area contributed by atoms with Gasteiger partial charge in [0.1, 0.15) is 5.75 Å². The van der Waals surface area contributed by atoms with Gasteiger partial charge in [-0.15, -0.1) is 0 Å². The van der Waals surface area contributed by atoms with Gasteiger partial charge >= 0.3 is 0 Å². The third-order valence-corrected chi connectivity index (χ3v) is 4.00. The third kappa shape index (κ3) is 3.95. The molecule has 0 fully saturated rings. The Bertz CT molecular complexity index is 527. The summed E-state index contributed by atoms with van der Waals surface area (Å²) in [5.41, 5.74) is 5.47. The molecule has 0 amide bonds. The number of rotatable bonds is 7. The molecule has 3 heteroatoms. The normalized spacial score (nSPS) is 10.8. The molecule has 0 unspecified atom stereocenters. The summed E-state index contributed by atoms with van der Waals surface area (Å²) in [6.07, 6.45) is 4.57. The highest BCUT2D eigenvalue weighted by atomic mass is 79.9. The Morgan fingerprint density at radius 2 is 1.74 bits per heavy atom. The van der Waals surface area contributed by atoms with Crippen molar-refractivity contribution in [1.82, 2.24) is 0 Å². The molecule has 0 aliphatic carbocycles. The number of benzene rings is 2. The summed E-state index contributed by atoms with van der Waals surface area (Å²) in [6.45, 7) is 1.55. The van der Waals surface area contributed by atoms with E-state index in [0.29, 0.717) is 0 Å². The molecule has 0 aliphatic rings. The summed E-state index contributed by atoms with van der Waals surface area (Å²) < 4.78 is 6.90. The quantitative estimate of drug-likeness (QED) is 0.762. The van der Waals surface area contributed by atoms with Crippen molar-refractivity contribution in [2.45, 2.75) is 25.7 Å². The second kappa shape index (κ2) is 7.51. The van der Waals surface area contributed by atoms with Crippen LogP contribution in [0.3, 0.4) is 0 Å². The summed E-state index contributed by atoms with van der Waals surface area (Å²) in [6, 6.07) is 12.4. The molecule has 0 radical (unpaired) electrons. The van der Waals surface area contributed by atoms with Gasteiger partial charge in [-0.1, -0.05) is 43.2 Å². The van der Waals surface area contributed by atoms with Gasteiger partial charge in [-0.05, 0) is 52.2 Å². The summed E-state index contributed by atoms with van der Waals surface area (Å²) >= 11 is 3.63. The maximum atomic E-state index is 5.85. The van der Waals surface area contributed by atoms with E-state index in [9.17, 15) is 0 Å². The fourth-order valence-electron chi connectivity index (χ4n) is 2.11. The molecule has 0 saturated heterocycles. The van der Waals surface area contributed by atoms with Crippen LogP contribution >= 0.6 is 15.9 Å². The largest absolute Gasteiger partial charge is 0.492 e. The molecule has 2 nitrogen and oxygen atoms in total. The predicted octanol–water partition coefficient (Wildman–Crippen LogP) is 4.50. The van der Waals surface area contributed by atoms with E-state index in [0.717, 1.165) is 36.2 Å². The number of hydrogen-bond donors (Lipinski definition) is 1. The van der Waals surface area contributed by atoms with Crippen molar-refractivity contribution in [3.63, 3.8) is 0 Å². The van der Waals surface area contributed by atoms with E-state index in [1.54, 1.807) is 0 Å². The molecule has 2 aromatic carbocycles. The van der Waals surface area contributed by atoms with Gasteiger partial charge in [-0.3, -0.25) is 0 Å². The molecular formula is C16H20BrNO. The summed E-state index contributed by atoms with van der Waals surface area (Å²) in [7, 11) is 0. The van der Waals surface area contributed by atoms with Crippen molar-refractivity contribution in [1.29, 1.82) is 0 Å². The predicted molar refractivity (Wildman–Crippen MR) is 84.7 cm³/mol. The molecule has 0 aliphatic heterocycles. The number of hydrogen-bond acceptors (Lipinski definition) is 2. The summed E-state index contributed by atoms with van der Waals surface area (Å²) in [5.74, 6) is 0.928. The zero-order chi connectivity index (χ0) is 13.5. The Morgan fingerprint density at radius 3 is 2.58 bits per heavy atom. The monoisotopic (exact) mass is 321 g/mol. The first kappa shape index (κ1) is 14.4. The van der Waals surface area contributed by atoms with E-state index in [-0.39, 0.29) is 0 Å². The Kier molecular flexibility index (Phi) is 5.67. The van der Waals surface area contributed by atoms with E-state index in [4.69, 9.17) is 10.5 Å². The van der Waals surface area contributed by atoms with Crippen molar-refractivity contribution in [2.75, 3.05) is 13.2 Å². The van der Waals surface area contributed by atoms with Crippen LogP contribution in [0.1, 0.15) is 25.7 Å². The highest BCUT2D eigenvalue weighted by Gasteiger charge is 2.05. The van der Waals surface area contributed by atoms with Gasteiger partial charge in [0.2, 0.25) is 0 Å². The van der Waals surface area contributed by atoms with Gasteiger partial charge in [-0.2, -0.15) is 0 Å². The molecule has 102 valence electrons. The summed E-state index contributed by atoms with van der Waals surface area (Å²) in [4.78, 5) is 0. The van der Waals surface area contributed by atoms with Crippen molar-refractivity contribution in [3.05, 3.63) is 40.9 Å². The van der Waals surface area contributed by atoms with Crippen molar-refractivity contribution >= 4 is 26.7 Å². The number of halogens is 1. The van der Waals surface area contributed by atoms with E-state index in [2.05, 4.69) is 34.1 Å². The first-order valence-electron chi connectivity index (χ1n) is 6.83. The molecule has 0 aromatic heterocycles. The Morgan fingerprint density at radius 1 is 0.947 bits per heavy atom. The van der Waals surface area contributed by atoms with Gasteiger partial charge in [-0.25, -0.2) is 0 Å². The molecule has 0 heterocycles. The zero-order valence-electron chi connectivity index (χ0n) is 11.1. The van der Waals surface area contributed by atoms with Crippen molar-refractivity contribution in [3.8, 4) is 5.75 Å². The molecule has 2 rings (SSSR count). The number of ether oxygens (including phenoxy) is 1. The lowest BCUT2D eigenvalue weighted by Crippen LogP contribution is -2.00. The Balaban J connectivity index is 1.92. The molecule has 19 heavy (non-hydrogen) atoms. The lowest BCUT2D eigenvalue weighted by atomic mass is 10.1. The zero-order valence-corrected chi connectivity index (χ0v) is 12.7. The summed E-state index contributed by atoms with van der Waals surface area (Å²) in [5, 5.41) is 2.42. The Hall–Kier alpha value is -1.06.